The minimum atomic E-state index is -4.95. The molecule has 0 unspecified atom stereocenters. The van der Waals surface area contributed by atoms with Crippen molar-refractivity contribution in [3.05, 3.63) is 29.8 Å². The Morgan fingerprint density at radius 2 is 1.44 bits per heavy atom. The van der Waals surface area contributed by atoms with Crippen LogP contribution in [0.3, 0.4) is 0 Å². The van der Waals surface area contributed by atoms with Crippen molar-refractivity contribution in [2.24, 2.45) is 11.8 Å². The predicted molar refractivity (Wildman–Crippen MR) is 75.7 cm³/mol. The maximum Gasteiger partial charge on any atom is 0.416 e. The second-order valence-electron chi connectivity index (χ2n) is 6.13. The first-order chi connectivity index (χ1) is 12.2. The van der Waals surface area contributed by atoms with E-state index in [2.05, 4.69) is 0 Å². The third-order valence-corrected chi connectivity index (χ3v) is 4.10. The van der Waals surface area contributed by atoms with Crippen molar-refractivity contribution in [1.29, 1.82) is 0 Å². The van der Waals surface area contributed by atoms with E-state index in [0.717, 1.165) is 12.1 Å². The van der Waals surface area contributed by atoms with Gasteiger partial charge < -0.3 is 10.2 Å². The van der Waals surface area contributed by atoms with Crippen LogP contribution in [0.4, 0.5) is 50.0 Å². The average Bonchev–Trinajstić information content (AvgIpc) is 2.52. The van der Waals surface area contributed by atoms with Crippen LogP contribution >= 0.6 is 0 Å². The lowest BCUT2D eigenvalue weighted by Gasteiger charge is -2.39. The minimum Gasteiger partial charge on any atom is -0.323 e. The molecule has 0 saturated carbocycles. The van der Waals surface area contributed by atoms with Gasteiger partial charge in [-0.1, -0.05) is 6.07 Å². The van der Waals surface area contributed by atoms with Crippen LogP contribution in [-0.2, 0) is 6.18 Å². The van der Waals surface area contributed by atoms with Gasteiger partial charge in [0.15, 0.2) is 0 Å². The van der Waals surface area contributed by atoms with Gasteiger partial charge in [-0.3, -0.25) is 0 Å². The van der Waals surface area contributed by atoms with Gasteiger partial charge in [0, 0.05) is 18.8 Å². The number of rotatable bonds is 1. The summed E-state index contributed by atoms with van der Waals surface area (Å²) in [6.07, 6.45) is -15.8. The fourth-order valence-electron chi connectivity index (χ4n) is 2.72. The predicted octanol–water partition coefficient (Wildman–Crippen LogP) is 5.30. The molecule has 1 aromatic rings. The molecule has 2 amide bonds. The zero-order valence-electron chi connectivity index (χ0n) is 13.3. The van der Waals surface area contributed by atoms with Crippen LogP contribution in [0.15, 0.2) is 24.3 Å². The van der Waals surface area contributed by atoms with Crippen molar-refractivity contribution >= 4 is 11.7 Å². The first kappa shape index (κ1) is 21.2. The molecule has 1 fully saturated rings. The van der Waals surface area contributed by atoms with Crippen LogP contribution in [0.2, 0.25) is 0 Å². The van der Waals surface area contributed by atoms with E-state index in [0.29, 0.717) is 17.0 Å². The first-order valence-electron chi connectivity index (χ1n) is 7.54. The fourth-order valence-corrected chi connectivity index (χ4v) is 2.72. The zero-order valence-corrected chi connectivity index (χ0v) is 13.3. The lowest BCUT2D eigenvalue weighted by Crippen LogP contribution is -2.52. The number of anilines is 1. The van der Waals surface area contributed by atoms with Crippen molar-refractivity contribution in [1.82, 2.24) is 4.90 Å². The van der Waals surface area contributed by atoms with Gasteiger partial charge in [-0.2, -0.15) is 39.5 Å². The molecule has 0 aliphatic carbocycles. The first-order valence-corrected chi connectivity index (χ1v) is 7.54. The molecule has 152 valence electrons. The van der Waals surface area contributed by atoms with Crippen molar-refractivity contribution in [3.8, 4) is 0 Å². The summed E-state index contributed by atoms with van der Waals surface area (Å²) in [7, 11) is 0. The van der Waals surface area contributed by atoms with Gasteiger partial charge in [0.25, 0.3) is 0 Å². The van der Waals surface area contributed by atoms with E-state index in [1.807, 2.05) is 5.32 Å². The van der Waals surface area contributed by atoms with Crippen LogP contribution in [0.1, 0.15) is 12.0 Å². The fraction of sp³-hybridized carbons (Fsp3) is 0.533. The lowest BCUT2D eigenvalue weighted by molar-refractivity contribution is -0.226. The smallest absolute Gasteiger partial charge is 0.323 e. The summed E-state index contributed by atoms with van der Waals surface area (Å²) in [6.45, 7) is -2.03. The number of nitrogens with zero attached hydrogens (tertiary/aromatic N) is 1. The standard InChI is InChI=1S/C15H13F9N2O/c16-13(17,18)8-2-1-3-11(5-8)25-12(27)26-6-9(14(19,20)21)4-10(7-26)15(22,23)24/h1-3,5,9-10H,4,6-7H2,(H,25,27)/t9-,10-/m1/s1. The Hall–Kier alpha value is -2.14. The number of alkyl halides is 9. The Kier molecular flexibility index (Phi) is 5.58. The highest BCUT2D eigenvalue weighted by Gasteiger charge is 2.52. The van der Waals surface area contributed by atoms with Crippen molar-refractivity contribution < 1.29 is 44.3 Å². The SMILES string of the molecule is O=C(Nc1cccc(C(F)(F)F)c1)N1C[C@H](C(F)(F)F)C[C@@H](C(F)(F)F)C1. The molecule has 1 saturated heterocycles. The molecule has 27 heavy (non-hydrogen) atoms. The van der Waals surface area contributed by atoms with Gasteiger partial charge in [-0.05, 0) is 24.6 Å². The highest BCUT2D eigenvalue weighted by molar-refractivity contribution is 5.89. The van der Waals surface area contributed by atoms with Crippen LogP contribution in [-0.4, -0.2) is 36.4 Å². The van der Waals surface area contributed by atoms with Gasteiger partial charge in [0.2, 0.25) is 0 Å². The van der Waals surface area contributed by atoms with E-state index < -0.39 is 67.2 Å². The van der Waals surface area contributed by atoms with Gasteiger partial charge in [0.1, 0.15) is 0 Å². The number of hydrogen-bond donors (Lipinski definition) is 1. The van der Waals surface area contributed by atoms with Gasteiger partial charge in [0.05, 0.1) is 17.4 Å². The normalized spacial score (nSPS) is 21.9. The van der Waals surface area contributed by atoms with E-state index in [9.17, 15) is 44.3 Å². The Balaban J connectivity index is 2.19. The molecule has 0 radical (unpaired) electrons. The van der Waals surface area contributed by atoms with Gasteiger partial charge >= 0.3 is 24.6 Å². The summed E-state index contributed by atoms with van der Waals surface area (Å²) in [5, 5.41) is 1.92. The summed E-state index contributed by atoms with van der Waals surface area (Å²) in [6, 6.07) is 1.89. The van der Waals surface area contributed by atoms with Crippen molar-refractivity contribution in [3.63, 3.8) is 0 Å². The second kappa shape index (κ2) is 7.12. The number of hydrogen-bond acceptors (Lipinski definition) is 1. The molecule has 3 nitrogen and oxygen atoms in total. The Morgan fingerprint density at radius 1 is 0.926 bits per heavy atom. The summed E-state index contributed by atoms with van der Waals surface area (Å²) in [5.41, 5.74) is -1.52. The minimum absolute atomic E-state index is 0.320. The number of amides is 2. The lowest BCUT2D eigenvalue weighted by atomic mass is 9.88. The molecule has 1 aromatic carbocycles. The average molecular weight is 408 g/mol. The number of likely N-dealkylation sites (tertiary alicyclic amines) is 1. The molecule has 0 bridgehead atoms. The molecule has 1 aliphatic heterocycles. The molecule has 1 heterocycles. The number of carbonyl (C=O) groups is 1. The monoisotopic (exact) mass is 408 g/mol. The van der Waals surface area contributed by atoms with Crippen molar-refractivity contribution in [2.45, 2.75) is 24.9 Å². The van der Waals surface area contributed by atoms with Crippen LogP contribution in [0.25, 0.3) is 0 Å². The molecule has 1 aliphatic rings. The van der Waals surface area contributed by atoms with E-state index in [-0.39, 0.29) is 0 Å². The number of benzene rings is 1. The summed E-state index contributed by atoms with van der Waals surface area (Å²) in [5.74, 6) is -4.77. The van der Waals surface area contributed by atoms with E-state index in [1.54, 1.807) is 0 Å². The van der Waals surface area contributed by atoms with E-state index in [1.165, 1.54) is 0 Å². The number of carbonyl (C=O) groups excluding carboxylic acids is 1. The number of piperidine rings is 1. The van der Waals surface area contributed by atoms with E-state index >= 15 is 0 Å². The summed E-state index contributed by atoms with van der Waals surface area (Å²) < 4.78 is 115. The molecule has 0 aromatic heterocycles. The number of urea groups is 1. The molecular formula is C15H13F9N2O. The maximum atomic E-state index is 12.9. The zero-order chi connectivity index (χ0) is 20.6. The number of halogens is 9. The van der Waals surface area contributed by atoms with Crippen LogP contribution in [0, 0.1) is 11.8 Å². The van der Waals surface area contributed by atoms with Crippen LogP contribution in [0.5, 0.6) is 0 Å². The van der Waals surface area contributed by atoms with Crippen molar-refractivity contribution in [2.75, 3.05) is 18.4 Å². The third-order valence-electron chi connectivity index (χ3n) is 4.10. The third kappa shape index (κ3) is 5.42. The molecule has 0 spiro atoms. The highest BCUT2D eigenvalue weighted by atomic mass is 19.4. The maximum absolute atomic E-state index is 12.9. The van der Waals surface area contributed by atoms with Crippen LogP contribution < -0.4 is 5.32 Å². The topological polar surface area (TPSA) is 32.3 Å². The Bertz CT molecular complexity index is 659. The molecule has 2 atom stereocenters. The Labute approximate surface area is 147 Å². The van der Waals surface area contributed by atoms with Gasteiger partial charge in [-0.15, -0.1) is 0 Å². The summed E-state index contributed by atoms with van der Waals surface area (Å²) in [4.78, 5) is 12.4. The molecular weight excluding hydrogens is 395 g/mol. The molecule has 1 N–H and O–H groups in total. The largest absolute Gasteiger partial charge is 0.416 e. The van der Waals surface area contributed by atoms with E-state index in [4.69, 9.17) is 0 Å². The Morgan fingerprint density at radius 3 is 1.89 bits per heavy atom. The molecule has 12 heteroatoms. The highest BCUT2D eigenvalue weighted by Crippen LogP contribution is 2.41. The number of nitrogens with one attached hydrogen (secondary N) is 1. The van der Waals surface area contributed by atoms with Gasteiger partial charge in [-0.25, -0.2) is 4.79 Å². The quantitative estimate of drug-likeness (QED) is 0.629. The second-order valence-corrected chi connectivity index (χ2v) is 6.13. The molecule has 2 rings (SSSR count). The summed E-state index contributed by atoms with van der Waals surface area (Å²) >= 11 is 0.